The summed E-state index contributed by atoms with van der Waals surface area (Å²) in [5.74, 6) is 0.969. The Balaban J connectivity index is 1.47. The average molecular weight is 387 g/mol. The number of benzene rings is 1. The summed E-state index contributed by atoms with van der Waals surface area (Å²) in [7, 11) is 0. The van der Waals surface area contributed by atoms with Gasteiger partial charge in [-0.2, -0.15) is 0 Å². The largest absolute Gasteiger partial charge is 0.478 e. The van der Waals surface area contributed by atoms with Crippen LogP contribution in [0.3, 0.4) is 0 Å². The van der Waals surface area contributed by atoms with E-state index in [9.17, 15) is 9.18 Å². The van der Waals surface area contributed by atoms with E-state index in [2.05, 4.69) is 20.6 Å². The van der Waals surface area contributed by atoms with E-state index in [-0.39, 0.29) is 24.4 Å². The van der Waals surface area contributed by atoms with Crippen LogP contribution in [0.2, 0.25) is 0 Å². The summed E-state index contributed by atoms with van der Waals surface area (Å²) >= 11 is 0. The fourth-order valence-corrected chi connectivity index (χ4v) is 3.25. The minimum atomic E-state index is -0.292. The van der Waals surface area contributed by atoms with E-state index < -0.39 is 0 Å². The molecule has 1 aromatic carbocycles. The quantitative estimate of drug-likeness (QED) is 0.796. The fourth-order valence-electron chi connectivity index (χ4n) is 3.25. The molecule has 0 unspecified atom stereocenters. The molecule has 2 aromatic rings. The average Bonchev–Trinajstić information content (AvgIpc) is 2.68. The van der Waals surface area contributed by atoms with Crippen molar-refractivity contribution in [2.75, 3.05) is 25.0 Å². The van der Waals surface area contributed by atoms with Crippen LogP contribution in [0.1, 0.15) is 30.9 Å². The predicted octanol–water partition coefficient (Wildman–Crippen LogP) is 3.11. The molecule has 2 N–H and O–H groups in total. The van der Waals surface area contributed by atoms with Gasteiger partial charge in [0.25, 0.3) is 0 Å². The highest BCUT2D eigenvalue weighted by atomic mass is 19.1. The number of likely N-dealkylation sites (tertiary alicyclic amines) is 1. The summed E-state index contributed by atoms with van der Waals surface area (Å²) in [5, 5.41) is 6.20. The van der Waals surface area contributed by atoms with Gasteiger partial charge in [0.2, 0.25) is 5.88 Å². The highest BCUT2D eigenvalue weighted by Crippen LogP contribution is 2.18. The van der Waals surface area contributed by atoms with Gasteiger partial charge in [0, 0.05) is 37.3 Å². The summed E-state index contributed by atoms with van der Waals surface area (Å²) in [6.07, 6.45) is 3.08. The van der Waals surface area contributed by atoms with Gasteiger partial charge in [-0.3, -0.25) is 0 Å². The molecule has 0 spiro atoms. The zero-order valence-corrected chi connectivity index (χ0v) is 16.2. The lowest BCUT2D eigenvalue weighted by molar-refractivity contribution is 0.183. The molecule has 7 nitrogen and oxygen atoms in total. The van der Waals surface area contributed by atoms with Crippen LogP contribution in [0.4, 0.5) is 15.0 Å². The van der Waals surface area contributed by atoms with Crippen LogP contribution in [0, 0.1) is 12.7 Å². The summed E-state index contributed by atoms with van der Waals surface area (Å²) in [4.78, 5) is 22.4. The first kappa shape index (κ1) is 19.9. The number of nitrogens with one attached hydrogen (secondary N) is 2. The van der Waals surface area contributed by atoms with Crippen molar-refractivity contribution in [1.29, 1.82) is 0 Å². The Labute approximate surface area is 164 Å². The molecule has 0 radical (unpaired) electrons. The summed E-state index contributed by atoms with van der Waals surface area (Å²) in [6, 6.07) is 6.76. The lowest BCUT2D eigenvalue weighted by Gasteiger charge is -2.32. The monoisotopic (exact) mass is 387 g/mol. The van der Waals surface area contributed by atoms with Crippen LogP contribution in [0.25, 0.3) is 0 Å². The molecule has 8 heteroatoms. The van der Waals surface area contributed by atoms with E-state index in [0.717, 1.165) is 24.2 Å². The first-order chi connectivity index (χ1) is 13.6. The van der Waals surface area contributed by atoms with Gasteiger partial charge in [-0.15, -0.1) is 0 Å². The van der Waals surface area contributed by atoms with Gasteiger partial charge < -0.3 is 20.3 Å². The molecule has 0 saturated carbocycles. The van der Waals surface area contributed by atoms with Crippen molar-refractivity contribution in [2.24, 2.45) is 0 Å². The molecule has 3 rings (SSSR count). The van der Waals surface area contributed by atoms with Crippen LogP contribution in [-0.4, -0.2) is 46.6 Å². The van der Waals surface area contributed by atoms with E-state index in [1.807, 2.05) is 19.9 Å². The molecule has 1 aliphatic rings. The summed E-state index contributed by atoms with van der Waals surface area (Å²) < 4.78 is 19.3. The third-order valence-electron chi connectivity index (χ3n) is 4.84. The molecule has 1 aliphatic heterocycles. The number of carbonyl (C=O) groups excluding carboxylic acids is 1. The van der Waals surface area contributed by atoms with E-state index in [4.69, 9.17) is 4.74 Å². The SMILES string of the molecule is CCOc1cc(NC2CCN(C(=O)NCc3c(C)cccc3F)CC2)ncn1. The first-order valence-electron chi connectivity index (χ1n) is 9.55. The van der Waals surface area contributed by atoms with E-state index in [1.54, 1.807) is 17.0 Å². The molecule has 28 heavy (non-hydrogen) atoms. The van der Waals surface area contributed by atoms with Gasteiger partial charge in [0.05, 0.1) is 6.61 Å². The van der Waals surface area contributed by atoms with Crippen molar-refractivity contribution in [2.45, 2.75) is 39.3 Å². The van der Waals surface area contributed by atoms with Crippen molar-refractivity contribution >= 4 is 11.8 Å². The lowest BCUT2D eigenvalue weighted by Crippen LogP contribution is -2.46. The molecule has 0 aliphatic carbocycles. The maximum absolute atomic E-state index is 13.9. The summed E-state index contributed by atoms with van der Waals surface area (Å²) in [6.45, 7) is 5.74. The standard InChI is InChI=1S/C20H26FN5O2/c1-3-28-19-11-18(23-13-24-19)25-15-7-9-26(10-8-15)20(27)22-12-16-14(2)5-4-6-17(16)21/h4-6,11,13,15H,3,7-10,12H2,1-2H3,(H,22,27)(H,23,24,25). The van der Waals surface area contributed by atoms with E-state index in [1.165, 1.54) is 12.4 Å². The third kappa shape index (κ3) is 5.09. The molecular weight excluding hydrogens is 361 g/mol. The summed E-state index contributed by atoms with van der Waals surface area (Å²) in [5.41, 5.74) is 1.36. The predicted molar refractivity (Wildman–Crippen MR) is 105 cm³/mol. The maximum Gasteiger partial charge on any atom is 0.317 e. The van der Waals surface area contributed by atoms with Crippen molar-refractivity contribution in [3.63, 3.8) is 0 Å². The first-order valence-corrected chi connectivity index (χ1v) is 9.55. The number of anilines is 1. The molecule has 0 atom stereocenters. The Bertz CT molecular complexity index is 789. The number of nitrogens with zero attached hydrogens (tertiary/aromatic N) is 3. The number of urea groups is 1. The third-order valence-corrected chi connectivity index (χ3v) is 4.84. The molecule has 1 saturated heterocycles. The van der Waals surface area contributed by atoms with Crippen LogP contribution in [0.5, 0.6) is 5.88 Å². The number of hydrogen-bond donors (Lipinski definition) is 2. The van der Waals surface area contributed by atoms with Crippen LogP contribution in [0.15, 0.2) is 30.6 Å². The Morgan fingerprint density at radius 2 is 2.11 bits per heavy atom. The van der Waals surface area contributed by atoms with E-state index in [0.29, 0.717) is 31.1 Å². The van der Waals surface area contributed by atoms with Crippen LogP contribution < -0.4 is 15.4 Å². The zero-order valence-electron chi connectivity index (χ0n) is 16.2. The normalized spacial score (nSPS) is 14.6. The van der Waals surface area contributed by atoms with Crippen LogP contribution >= 0.6 is 0 Å². The Kier molecular flexibility index (Phi) is 6.62. The number of hydrogen-bond acceptors (Lipinski definition) is 5. The Hall–Kier alpha value is -2.90. The molecule has 2 heterocycles. The second-order valence-electron chi connectivity index (χ2n) is 6.77. The van der Waals surface area contributed by atoms with E-state index >= 15 is 0 Å². The van der Waals surface area contributed by atoms with Crippen molar-refractivity contribution in [3.8, 4) is 5.88 Å². The minimum absolute atomic E-state index is 0.165. The van der Waals surface area contributed by atoms with Gasteiger partial charge in [0.1, 0.15) is 18.0 Å². The Morgan fingerprint density at radius 1 is 1.32 bits per heavy atom. The van der Waals surface area contributed by atoms with Crippen molar-refractivity contribution < 1.29 is 13.9 Å². The van der Waals surface area contributed by atoms with Crippen molar-refractivity contribution in [1.82, 2.24) is 20.2 Å². The number of halogens is 1. The molecule has 2 amide bonds. The second kappa shape index (κ2) is 9.34. The van der Waals surface area contributed by atoms with Crippen LogP contribution in [-0.2, 0) is 6.54 Å². The minimum Gasteiger partial charge on any atom is -0.478 e. The molecule has 1 fully saturated rings. The maximum atomic E-state index is 13.9. The lowest BCUT2D eigenvalue weighted by atomic mass is 10.1. The van der Waals surface area contributed by atoms with Gasteiger partial charge in [-0.1, -0.05) is 12.1 Å². The number of ether oxygens (including phenoxy) is 1. The highest BCUT2D eigenvalue weighted by Gasteiger charge is 2.23. The molecule has 1 aromatic heterocycles. The fraction of sp³-hybridized carbons (Fsp3) is 0.450. The van der Waals surface area contributed by atoms with Gasteiger partial charge >= 0.3 is 6.03 Å². The number of aromatic nitrogens is 2. The number of amides is 2. The zero-order chi connectivity index (χ0) is 19.9. The molecule has 0 bridgehead atoms. The smallest absolute Gasteiger partial charge is 0.317 e. The Morgan fingerprint density at radius 3 is 2.82 bits per heavy atom. The van der Waals surface area contributed by atoms with Gasteiger partial charge in [-0.25, -0.2) is 19.2 Å². The topological polar surface area (TPSA) is 79.4 Å². The van der Waals surface area contributed by atoms with Crippen molar-refractivity contribution in [3.05, 3.63) is 47.5 Å². The number of rotatable bonds is 6. The highest BCUT2D eigenvalue weighted by molar-refractivity contribution is 5.74. The number of piperidine rings is 1. The number of aryl methyl sites for hydroxylation is 1. The molecular formula is C20H26FN5O2. The van der Waals surface area contributed by atoms with Gasteiger partial charge in [-0.05, 0) is 38.3 Å². The number of carbonyl (C=O) groups is 1. The van der Waals surface area contributed by atoms with Gasteiger partial charge in [0.15, 0.2) is 0 Å². The molecule has 150 valence electrons. The second-order valence-corrected chi connectivity index (χ2v) is 6.77.